The van der Waals surface area contributed by atoms with Crippen LogP contribution in [0.3, 0.4) is 0 Å². The minimum Gasteiger partial charge on any atom is -0.382 e. The van der Waals surface area contributed by atoms with Gasteiger partial charge in [-0.1, -0.05) is 0 Å². The van der Waals surface area contributed by atoms with Crippen LogP contribution in [0.5, 0.6) is 0 Å². The average Bonchev–Trinajstić information content (AvgIpc) is 3.44. The highest BCUT2D eigenvalue weighted by molar-refractivity contribution is 4.66. The predicted octanol–water partition coefficient (Wildman–Crippen LogP) is 0.377. The first-order chi connectivity index (χ1) is 12.4. The number of hydrogen-bond acceptors (Lipinski definition) is 8. The van der Waals surface area contributed by atoms with Gasteiger partial charge in [0.2, 0.25) is 0 Å². The highest BCUT2D eigenvalue weighted by atomic mass is 16.6. The summed E-state index contributed by atoms with van der Waals surface area (Å²) in [5.74, 6) is 0.176. The SMILES string of the molecule is COCCOCC(COCCOC)COCCOCCOCC1CO1. The zero-order chi connectivity index (χ0) is 18.0. The van der Waals surface area contributed by atoms with E-state index in [1.54, 1.807) is 14.2 Å². The molecule has 0 amide bonds. The molecule has 1 rings (SSSR count). The van der Waals surface area contributed by atoms with Gasteiger partial charge in [-0.2, -0.15) is 0 Å². The lowest BCUT2D eigenvalue weighted by molar-refractivity contribution is -0.0359. The zero-order valence-corrected chi connectivity index (χ0v) is 15.6. The van der Waals surface area contributed by atoms with E-state index >= 15 is 0 Å². The Bertz CT molecular complexity index is 263. The van der Waals surface area contributed by atoms with Gasteiger partial charge < -0.3 is 37.9 Å². The molecule has 0 N–H and O–H groups in total. The molecule has 25 heavy (non-hydrogen) atoms. The molecule has 0 aromatic heterocycles. The van der Waals surface area contributed by atoms with Crippen molar-refractivity contribution in [3.63, 3.8) is 0 Å². The van der Waals surface area contributed by atoms with Crippen molar-refractivity contribution in [1.82, 2.24) is 0 Å². The first-order valence-electron chi connectivity index (χ1n) is 8.85. The Kier molecular flexibility index (Phi) is 15.6. The summed E-state index contributed by atoms with van der Waals surface area (Å²) in [7, 11) is 3.31. The minimum absolute atomic E-state index is 0.176. The van der Waals surface area contributed by atoms with Crippen LogP contribution in [0.15, 0.2) is 0 Å². The van der Waals surface area contributed by atoms with Gasteiger partial charge in [0.1, 0.15) is 6.10 Å². The molecule has 1 atom stereocenters. The molecular formula is C17H34O8. The van der Waals surface area contributed by atoms with Gasteiger partial charge in [0.15, 0.2) is 0 Å². The van der Waals surface area contributed by atoms with E-state index < -0.39 is 0 Å². The van der Waals surface area contributed by atoms with Crippen LogP contribution in [-0.2, 0) is 37.9 Å². The van der Waals surface area contributed by atoms with Crippen molar-refractivity contribution in [1.29, 1.82) is 0 Å². The Morgan fingerprint density at radius 3 is 1.60 bits per heavy atom. The fraction of sp³-hybridized carbons (Fsp3) is 1.00. The maximum Gasteiger partial charge on any atom is 0.104 e. The standard InChI is InChI=1S/C17H34O8/c1-18-3-5-21-11-16(12-22-6-4-19-2)13-23-9-7-20-8-10-24-14-17-15-25-17/h16-17H,3-15H2,1-2H3. The third-order valence-electron chi connectivity index (χ3n) is 3.37. The van der Waals surface area contributed by atoms with Crippen LogP contribution in [0.1, 0.15) is 0 Å². The van der Waals surface area contributed by atoms with E-state index in [0.717, 1.165) is 6.61 Å². The summed E-state index contributed by atoms with van der Waals surface area (Å²) < 4.78 is 42.6. The van der Waals surface area contributed by atoms with E-state index in [2.05, 4.69) is 0 Å². The van der Waals surface area contributed by atoms with Crippen LogP contribution in [0.4, 0.5) is 0 Å². The Hall–Kier alpha value is -0.320. The van der Waals surface area contributed by atoms with Gasteiger partial charge in [0.25, 0.3) is 0 Å². The topological polar surface area (TPSA) is 77.1 Å². The lowest BCUT2D eigenvalue weighted by Crippen LogP contribution is -2.24. The number of methoxy groups -OCH3 is 2. The van der Waals surface area contributed by atoms with Crippen molar-refractivity contribution < 1.29 is 37.9 Å². The van der Waals surface area contributed by atoms with E-state index in [1.165, 1.54) is 0 Å². The van der Waals surface area contributed by atoms with E-state index in [0.29, 0.717) is 85.4 Å². The molecule has 1 aliphatic rings. The van der Waals surface area contributed by atoms with E-state index in [1.807, 2.05) is 0 Å². The van der Waals surface area contributed by atoms with Gasteiger partial charge in [-0.25, -0.2) is 0 Å². The summed E-state index contributed by atoms with van der Waals surface area (Å²) >= 11 is 0. The van der Waals surface area contributed by atoms with Crippen LogP contribution in [0, 0.1) is 5.92 Å². The van der Waals surface area contributed by atoms with Crippen LogP contribution in [0.2, 0.25) is 0 Å². The normalized spacial score (nSPS) is 16.7. The van der Waals surface area contributed by atoms with Gasteiger partial charge in [-0.3, -0.25) is 0 Å². The Labute approximate surface area is 150 Å². The Morgan fingerprint density at radius 1 is 0.680 bits per heavy atom. The monoisotopic (exact) mass is 366 g/mol. The van der Waals surface area contributed by atoms with Crippen LogP contribution in [0.25, 0.3) is 0 Å². The summed E-state index contributed by atoms with van der Waals surface area (Å²) in [6, 6.07) is 0. The fourth-order valence-corrected chi connectivity index (χ4v) is 1.90. The second-order valence-electron chi connectivity index (χ2n) is 5.72. The molecule has 0 bridgehead atoms. The van der Waals surface area contributed by atoms with Crippen molar-refractivity contribution >= 4 is 0 Å². The van der Waals surface area contributed by atoms with Gasteiger partial charge in [0.05, 0.1) is 85.9 Å². The summed E-state index contributed by atoms with van der Waals surface area (Å²) in [6.45, 7) is 7.75. The lowest BCUT2D eigenvalue weighted by Gasteiger charge is -2.17. The van der Waals surface area contributed by atoms with Crippen LogP contribution < -0.4 is 0 Å². The summed E-state index contributed by atoms with van der Waals surface area (Å²) in [4.78, 5) is 0. The molecule has 0 aliphatic carbocycles. The van der Waals surface area contributed by atoms with Crippen LogP contribution in [-0.4, -0.2) is 106 Å². The number of epoxide rings is 1. The molecule has 1 saturated heterocycles. The minimum atomic E-state index is 0.176. The molecule has 0 radical (unpaired) electrons. The fourth-order valence-electron chi connectivity index (χ4n) is 1.90. The molecule has 1 fully saturated rings. The molecule has 0 aromatic carbocycles. The third-order valence-corrected chi connectivity index (χ3v) is 3.37. The molecule has 150 valence electrons. The zero-order valence-electron chi connectivity index (χ0n) is 15.6. The maximum atomic E-state index is 5.66. The Morgan fingerprint density at radius 2 is 1.12 bits per heavy atom. The molecule has 8 heteroatoms. The van der Waals surface area contributed by atoms with Crippen molar-refractivity contribution in [2.45, 2.75) is 6.10 Å². The highest BCUT2D eigenvalue weighted by Crippen LogP contribution is 2.08. The smallest absolute Gasteiger partial charge is 0.104 e. The summed E-state index contributed by atoms with van der Waals surface area (Å²) in [6.07, 6.45) is 0.303. The van der Waals surface area contributed by atoms with Gasteiger partial charge >= 0.3 is 0 Å². The lowest BCUT2D eigenvalue weighted by atomic mass is 10.2. The van der Waals surface area contributed by atoms with Gasteiger partial charge in [0, 0.05) is 20.1 Å². The molecule has 0 saturated carbocycles. The first-order valence-corrected chi connectivity index (χ1v) is 8.85. The quantitative estimate of drug-likeness (QED) is 0.226. The van der Waals surface area contributed by atoms with Crippen molar-refractivity contribution in [3.8, 4) is 0 Å². The maximum absolute atomic E-state index is 5.66. The summed E-state index contributed by atoms with van der Waals surface area (Å²) in [5.41, 5.74) is 0. The number of ether oxygens (including phenoxy) is 8. The Balaban J connectivity index is 1.94. The van der Waals surface area contributed by atoms with Crippen molar-refractivity contribution in [2.24, 2.45) is 5.92 Å². The number of hydrogen-bond donors (Lipinski definition) is 0. The van der Waals surface area contributed by atoms with Gasteiger partial charge in [-0.15, -0.1) is 0 Å². The second-order valence-corrected chi connectivity index (χ2v) is 5.72. The molecule has 1 aliphatic heterocycles. The highest BCUT2D eigenvalue weighted by Gasteiger charge is 2.21. The summed E-state index contributed by atoms with van der Waals surface area (Å²) in [5, 5.41) is 0. The largest absolute Gasteiger partial charge is 0.382 e. The molecular weight excluding hydrogens is 332 g/mol. The first kappa shape index (κ1) is 22.7. The van der Waals surface area contributed by atoms with Gasteiger partial charge in [-0.05, 0) is 0 Å². The van der Waals surface area contributed by atoms with Crippen molar-refractivity contribution in [2.75, 3.05) is 100 Å². The van der Waals surface area contributed by atoms with E-state index in [-0.39, 0.29) is 5.92 Å². The van der Waals surface area contributed by atoms with Crippen molar-refractivity contribution in [3.05, 3.63) is 0 Å². The van der Waals surface area contributed by atoms with E-state index in [9.17, 15) is 0 Å². The van der Waals surface area contributed by atoms with Crippen LogP contribution >= 0.6 is 0 Å². The molecule has 1 unspecified atom stereocenters. The molecule has 8 nitrogen and oxygen atoms in total. The predicted molar refractivity (Wildman–Crippen MR) is 91.1 cm³/mol. The third kappa shape index (κ3) is 15.6. The molecule has 0 aromatic rings. The van der Waals surface area contributed by atoms with E-state index in [4.69, 9.17) is 37.9 Å². The second kappa shape index (κ2) is 17.1. The average molecular weight is 366 g/mol. The molecule has 1 heterocycles. The molecule has 0 spiro atoms. The number of rotatable bonds is 20.